The second-order valence-corrected chi connectivity index (χ2v) is 6.07. The molecule has 1 unspecified atom stereocenters. The summed E-state index contributed by atoms with van der Waals surface area (Å²) >= 11 is 6.00. The molecule has 0 aliphatic heterocycles. The molecule has 0 saturated carbocycles. The maximum Gasteiger partial charge on any atom is 0.355 e. The molecule has 2 aromatic carbocycles. The van der Waals surface area contributed by atoms with E-state index in [0.717, 1.165) is 0 Å². The van der Waals surface area contributed by atoms with Crippen LogP contribution >= 0.6 is 11.6 Å². The molecular weight excluding hydrogens is 368 g/mol. The van der Waals surface area contributed by atoms with E-state index in [9.17, 15) is 14.4 Å². The molecule has 0 saturated heterocycles. The van der Waals surface area contributed by atoms with Crippen LogP contribution in [0.1, 0.15) is 19.4 Å². The summed E-state index contributed by atoms with van der Waals surface area (Å²) in [4.78, 5) is 36.0. The van der Waals surface area contributed by atoms with E-state index in [1.54, 1.807) is 48.5 Å². The number of esters is 1. The molecule has 0 radical (unpaired) electrons. The van der Waals surface area contributed by atoms with Gasteiger partial charge in [0.15, 0.2) is 6.10 Å². The van der Waals surface area contributed by atoms with Gasteiger partial charge < -0.3 is 15.4 Å². The molecule has 6 nitrogen and oxygen atoms in total. The van der Waals surface area contributed by atoms with Crippen molar-refractivity contribution in [3.63, 3.8) is 0 Å². The normalized spacial score (nSPS) is 12.0. The zero-order chi connectivity index (χ0) is 19.8. The van der Waals surface area contributed by atoms with Crippen LogP contribution in [0.5, 0.6) is 0 Å². The van der Waals surface area contributed by atoms with Crippen LogP contribution in [0.2, 0.25) is 5.02 Å². The lowest BCUT2D eigenvalue weighted by Gasteiger charge is -2.15. The monoisotopic (exact) mass is 386 g/mol. The van der Waals surface area contributed by atoms with Gasteiger partial charge >= 0.3 is 5.97 Å². The van der Waals surface area contributed by atoms with Crippen molar-refractivity contribution in [3.8, 4) is 0 Å². The number of rotatable bonds is 6. The topological polar surface area (TPSA) is 84.5 Å². The fraction of sp³-hybridized carbons (Fsp3) is 0.150. The SMILES string of the molecule is CC(=O)N/C(=C\c1ccccc1)C(=O)OC(C)C(=O)Nc1ccccc1Cl. The lowest BCUT2D eigenvalue weighted by molar-refractivity contribution is -0.149. The average Bonchev–Trinajstić information content (AvgIpc) is 2.63. The number of halogens is 1. The van der Waals surface area contributed by atoms with E-state index in [0.29, 0.717) is 16.3 Å². The lowest BCUT2D eigenvalue weighted by atomic mass is 10.2. The van der Waals surface area contributed by atoms with Crippen LogP contribution in [0.25, 0.3) is 6.08 Å². The molecule has 140 valence electrons. The van der Waals surface area contributed by atoms with Crippen LogP contribution in [0.4, 0.5) is 5.69 Å². The summed E-state index contributed by atoms with van der Waals surface area (Å²) < 4.78 is 5.18. The Labute approximate surface area is 162 Å². The number of hydrogen-bond acceptors (Lipinski definition) is 4. The summed E-state index contributed by atoms with van der Waals surface area (Å²) in [5.74, 6) is -1.79. The Hall–Kier alpha value is -3.12. The predicted octanol–water partition coefficient (Wildman–Crippen LogP) is 3.39. The average molecular weight is 387 g/mol. The molecule has 2 aromatic rings. The van der Waals surface area contributed by atoms with E-state index in [1.807, 2.05) is 6.07 Å². The van der Waals surface area contributed by atoms with Gasteiger partial charge in [-0.3, -0.25) is 9.59 Å². The Morgan fingerprint density at radius 3 is 2.30 bits per heavy atom. The van der Waals surface area contributed by atoms with Crippen molar-refractivity contribution < 1.29 is 19.1 Å². The van der Waals surface area contributed by atoms with Crippen molar-refractivity contribution in [1.29, 1.82) is 0 Å². The van der Waals surface area contributed by atoms with Gasteiger partial charge in [-0.2, -0.15) is 0 Å². The molecule has 0 aromatic heterocycles. The molecule has 2 rings (SSSR count). The maximum atomic E-state index is 12.4. The third-order valence-electron chi connectivity index (χ3n) is 3.43. The third kappa shape index (κ3) is 6.27. The van der Waals surface area contributed by atoms with Crippen molar-refractivity contribution >= 4 is 41.1 Å². The highest BCUT2D eigenvalue weighted by atomic mass is 35.5. The molecule has 0 fully saturated rings. The first kappa shape index (κ1) is 20.2. The number of carbonyl (C=O) groups is 3. The number of nitrogens with one attached hydrogen (secondary N) is 2. The summed E-state index contributed by atoms with van der Waals surface area (Å²) in [5, 5.41) is 5.38. The highest BCUT2D eigenvalue weighted by Crippen LogP contribution is 2.20. The van der Waals surface area contributed by atoms with Gasteiger partial charge in [0.05, 0.1) is 10.7 Å². The van der Waals surface area contributed by atoms with E-state index in [1.165, 1.54) is 19.9 Å². The van der Waals surface area contributed by atoms with Crippen molar-refractivity contribution in [2.75, 3.05) is 5.32 Å². The first-order valence-electron chi connectivity index (χ1n) is 8.17. The second-order valence-electron chi connectivity index (χ2n) is 5.67. The Kier molecular flexibility index (Phi) is 7.14. The molecule has 2 amide bonds. The summed E-state index contributed by atoms with van der Waals surface area (Å²) in [7, 11) is 0. The Balaban J connectivity index is 2.09. The van der Waals surface area contributed by atoms with Gasteiger partial charge in [-0.15, -0.1) is 0 Å². The van der Waals surface area contributed by atoms with E-state index in [-0.39, 0.29) is 5.70 Å². The number of benzene rings is 2. The summed E-state index contributed by atoms with van der Waals surface area (Å²) in [5.41, 5.74) is 1.05. The number of hydrogen-bond donors (Lipinski definition) is 2. The molecule has 0 bridgehead atoms. The van der Waals surface area contributed by atoms with Gasteiger partial charge in [0.25, 0.3) is 5.91 Å². The molecule has 0 aliphatic carbocycles. The molecule has 2 N–H and O–H groups in total. The van der Waals surface area contributed by atoms with Crippen molar-refractivity contribution in [2.24, 2.45) is 0 Å². The second kappa shape index (κ2) is 9.54. The Bertz CT molecular complexity index is 865. The molecular formula is C20H19ClN2O4. The Morgan fingerprint density at radius 2 is 1.67 bits per heavy atom. The Morgan fingerprint density at radius 1 is 1.04 bits per heavy atom. The first-order chi connectivity index (χ1) is 12.9. The smallest absolute Gasteiger partial charge is 0.355 e. The van der Waals surface area contributed by atoms with Gasteiger partial charge in [0, 0.05) is 6.92 Å². The number of amides is 2. The molecule has 0 aliphatic rings. The number of anilines is 1. The van der Waals surface area contributed by atoms with Gasteiger partial charge in [0.1, 0.15) is 5.70 Å². The molecule has 1 atom stereocenters. The van der Waals surface area contributed by atoms with E-state index >= 15 is 0 Å². The summed E-state index contributed by atoms with van der Waals surface area (Å²) in [6.45, 7) is 2.71. The molecule has 27 heavy (non-hydrogen) atoms. The molecule has 7 heteroatoms. The lowest BCUT2D eigenvalue weighted by Crippen LogP contribution is -2.33. The van der Waals surface area contributed by atoms with Crippen LogP contribution in [0.3, 0.4) is 0 Å². The van der Waals surface area contributed by atoms with Crippen LogP contribution in [-0.4, -0.2) is 23.9 Å². The van der Waals surface area contributed by atoms with Crippen LogP contribution in [-0.2, 0) is 19.1 Å². The summed E-state index contributed by atoms with van der Waals surface area (Å²) in [6.07, 6.45) is 0.379. The van der Waals surface area contributed by atoms with Crippen molar-refractivity contribution in [3.05, 3.63) is 70.9 Å². The van der Waals surface area contributed by atoms with Gasteiger partial charge in [-0.25, -0.2) is 4.79 Å². The minimum absolute atomic E-state index is 0.0638. The minimum Gasteiger partial charge on any atom is -0.448 e. The zero-order valence-corrected chi connectivity index (χ0v) is 15.6. The van der Waals surface area contributed by atoms with E-state index < -0.39 is 23.9 Å². The zero-order valence-electron chi connectivity index (χ0n) is 14.9. The minimum atomic E-state index is -1.10. The van der Waals surface area contributed by atoms with Gasteiger partial charge in [-0.1, -0.05) is 54.1 Å². The predicted molar refractivity (Wildman–Crippen MR) is 104 cm³/mol. The maximum absolute atomic E-state index is 12.4. The highest BCUT2D eigenvalue weighted by Gasteiger charge is 2.22. The fourth-order valence-corrected chi connectivity index (χ4v) is 2.31. The van der Waals surface area contributed by atoms with Crippen molar-refractivity contribution in [2.45, 2.75) is 20.0 Å². The standard InChI is InChI=1S/C20H19ClN2O4/c1-13(19(25)23-17-11-7-6-10-16(17)21)27-20(26)18(22-14(2)24)12-15-8-4-3-5-9-15/h3-13H,1-2H3,(H,22,24)(H,23,25)/b18-12-. The number of carbonyl (C=O) groups excluding carboxylic acids is 3. The van der Waals surface area contributed by atoms with Crippen LogP contribution in [0, 0.1) is 0 Å². The highest BCUT2D eigenvalue weighted by molar-refractivity contribution is 6.33. The van der Waals surface area contributed by atoms with Gasteiger partial charge in [0.2, 0.25) is 5.91 Å². The van der Waals surface area contributed by atoms with E-state index in [4.69, 9.17) is 16.3 Å². The summed E-state index contributed by atoms with van der Waals surface area (Å²) in [6, 6.07) is 15.7. The number of ether oxygens (including phenoxy) is 1. The van der Waals surface area contributed by atoms with E-state index in [2.05, 4.69) is 10.6 Å². The van der Waals surface area contributed by atoms with Gasteiger partial charge in [-0.05, 0) is 30.7 Å². The fourth-order valence-electron chi connectivity index (χ4n) is 2.13. The quantitative estimate of drug-likeness (QED) is 0.588. The number of para-hydroxylation sites is 1. The third-order valence-corrected chi connectivity index (χ3v) is 3.76. The molecule has 0 spiro atoms. The first-order valence-corrected chi connectivity index (χ1v) is 8.55. The largest absolute Gasteiger partial charge is 0.448 e. The van der Waals surface area contributed by atoms with Crippen LogP contribution < -0.4 is 10.6 Å². The van der Waals surface area contributed by atoms with Crippen molar-refractivity contribution in [1.82, 2.24) is 5.32 Å². The molecule has 0 heterocycles. The van der Waals surface area contributed by atoms with Crippen LogP contribution in [0.15, 0.2) is 60.3 Å².